The van der Waals surface area contributed by atoms with Gasteiger partial charge in [-0.25, -0.2) is 0 Å². The first kappa shape index (κ1) is 8.25. The molecular weight excluding hydrogens is 160 g/mol. The molecule has 0 aromatic rings. The van der Waals surface area contributed by atoms with E-state index in [4.69, 9.17) is 0 Å². The maximum absolute atomic E-state index is 3.54. The second-order valence-corrected chi connectivity index (χ2v) is 5.06. The Morgan fingerprint density at radius 3 is 3.23 bits per heavy atom. The molecule has 3 aliphatic rings. The van der Waals surface area contributed by atoms with Crippen LogP contribution in [0.25, 0.3) is 0 Å². The molecule has 0 bridgehead atoms. The number of nitrogens with zero attached hydrogens (tertiary/aromatic N) is 1. The van der Waals surface area contributed by atoms with Crippen LogP contribution in [-0.4, -0.2) is 36.1 Å². The molecule has 74 valence electrons. The van der Waals surface area contributed by atoms with Crippen LogP contribution in [0.3, 0.4) is 0 Å². The van der Waals surface area contributed by atoms with E-state index in [1.807, 2.05) is 0 Å². The Labute approximate surface area is 80.7 Å². The van der Waals surface area contributed by atoms with E-state index >= 15 is 0 Å². The lowest BCUT2D eigenvalue weighted by Gasteiger charge is -2.33. The van der Waals surface area contributed by atoms with Gasteiger partial charge in [0.05, 0.1) is 0 Å². The highest BCUT2D eigenvalue weighted by molar-refractivity contribution is 5.10. The van der Waals surface area contributed by atoms with Gasteiger partial charge in [-0.05, 0) is 44.7 Å². The van der Waals surface area contributed by atoms with Gasteiger partial charge in [0.2, 0.25) is 0 Å². The van der Waals surface area contributed by atoms with Crippen LogP contribution in [0.1, 0.15) is 32.6 Å². The van der Waals surface area contributed by atoms with Crippen LogP contribution in [0.2, 0.25) is 0 Å². The van der Waals surface area contributed by atoms with Crippen molar-refractivity contribution < 1.29 is 0 Å². The van der Waals surface area contributed by atoms with Crippen LogP contribution < -0.4 is 5.32 Å². The summed E-state index contributed by atoms with van der Waals surface area (Å²) in [5.41, 5.74) is 0.636. The second kappa shape index (κ2) is 2.71. The molecule has 13 heavy (non-hydrogen) atoms. The average Bonchev–Trinajstić information content (AvgIpc) is 2.72. The van der Waals surface area contributed by atoms with Gasteiger partial charge in [-0.15, -0.1) is 0 Å². The Kier molecular flexibility index (Phi) is 1.72. The normalized spacial score (nSPS) is 49.6. The summed E-state index contributed by atoms with van der Waals surface area (Å²) < 4.78 is 0. The van der Waals surface area contributed by atoms with Gasteiger partial charge in [0.25, 0.3) is 0 Å². The maximum Gasteiger partial charge on any atom is 0.0267 e. The van der Waals surface area contributed by atoms with E-state index in [1.165, 1.54) is 45.3 Å². The van der Waals surface area contributed by atoms with Gasteiger partial charge in [-0.2, -0.15) is 0 Å². The smallest absolute Gasteiger partial charge is 0.0267 e. The molecule has 3 rings (SSSR count). The van der Waals surface area contributed by atoms with Crippen molar-refractivity contribution in [3.63, 3.8) is 0 Å². The molecule has 3 aliphatic heterocycles. The Balaban J connectivity index is 1.89. The molecule has 0 saturated carbocycles. The number of hydrogen-bond acceptors (Lipinski definition) is 2. The highest BCUT2D eigenvalue weighted by Crippen LogP contribution is 2.48. The predicted molar refractivity (Wildman–Crippen MR) is 53.7 cm³/mol. The molecule has 1 N–H and O–H groups in total. The van der Waals surface area contributed by atoms with Gasteiger partial charge in [0, 0.05) is 18.1 Å². The third kappa shape index (κ3) is 0.962. The topological polar surface area (TPSA) is 15.3 Å². The number of nitrogens with one attached hydrogen (secondary N) is 1. The fraction of sp³-hybridized carbons (Fsp3) is 1.00. The monoisotopic (exact) mass is 180 g/mol. The van der Waals surface area contributed by atoms with E-state index in [1.54, 1.807) is 0 Å². The molecule has 3 fully saturated rings. The minimum atomic E-state index is 0.636. The molecule has 2 nitrogen and oxygen atoms in total. The summed E-state index contributed by atoms with van der Waals surface area (Å²) >= 11 is 0. The number of rotatable bonds is 1. The molecule has 3 atom stereocenters. The van der Waals surface area contributed by atoms with Crippen molar-refractivity contribution in [2.45, 2.75) is 44.2 Å². The van der Waals surface area contributed by atoms with E-state index in [2.05, 4.69) is 17.1 Å². The number of hydrogen-bond donors (Lipinski definition) is 1. The van der Waals surface area contributed by atoms with E-state index < -0.39 is 0 Å². The lowest BCUT2D eigenvalue weighted by atomic mass is 9.87. The van der Waals surface area contributed by atoms with Crippen molar-refractivity contribution in [3.05, 3.63) is 0 Å². The van der Waals surface area contributed by atoms with Crippen molar-refractivity contribution in [2.24, 2.45) is 5.92 Å². The summed E-state index contributed by atoms with van der Waals surface area (Å²) in [6, 6.07) is 0.891. The Bertz CT molecular complexity index is 216. The molecular formula is C11H20N2. The van der Waals surface area contributed by atoms with Crippen molar-refractivity contribution in [3.8, 4) is 0 Å². The van der Waals surface area contributed by atoms with Crippen molar-refractivity contribution in [1.82, 2.24) is 10.2 Å². The summed E-state index contributed by atoms with van der Waals surface area (Å²) in [6.07, 6.45) is 5.76. The second-order valence-electron chi connectivity index (χ2n) is 5.06. The van der Waals surface area contributed by atoms with Crippen LogP contribution in [0.4, 0.5) is 0 Å². The molecule has 0 spiro atoms. The molecule has 0 aromatic carbocycles. The molecule has 2 heteroatoms. The Morgan fingerprint density at radius 1 is 1.46 bits per heavy atom. The molecule has 0 radical (unpaired) electrons. The van der Waals surface area contributed by atoms with E-state index in [-0.39, 0.29) is 0 Å². The summed E-state index contributed by atoms with van der Waals surface area (Å²) in [5.74, 6) is 0.972. The van der Waals surface area contributed by atoms with Gasteiger partial charge >= 0.3 is 0 Å². The third-order valence-corrected chi connectivity index (χ3v) is 4.66. The highest BCUT2D eigenvalue weighted by Gasteiger charge is 2.53. The van der Waals surface area contributed by atoms with Crippen LogP contribution in [0.15, 0.2) is 0 Å². The highest BCUT2D eigenvalue weighted by atomic mass is 15.3. The van der Waals surface area contributed by atoms with Crippen LogP contribution >= 0.6 is 0 Å². The largest absolute Gasteiger partial charge is 0.315 e. The van der Waals surface area contributed by atoms with E-state index in [9.17, 15) is 0 Å². The van der Waals surface area contributed by atoms with Crippen LogP contribution in [0, 0.1) is 5.92 Å². The lowest BCUT2D eigenvalue weighted by molar-refractivity contribution is 0.148. The fourth-order valence-electron chi connectivity index (χ4n) is 4.00. The first-order chi connectivity index (χ1) is 6.36. The Morgan fingerprint density at radius 2 is 2.38 bits per heavy atom. The summed E-state index contributed by atoms with van der Waals surface area (Å²) in [6.45, 7) is 6.29. The molecule has 3 heterocycles. The van der Waals surface area contributed by atoms with Crippen molar-refractivity contribution in [2.75, 3.05) is 19.6 Å². The minimum Gasteiger partial charge on any atom is -0.315 e. The minimum absolute atomic E-state index is 0.636. The average molecular weight is 180 g/mol. The first-order valence-electron chi connectivity index (χ1n) is 5.83. The first-order valence-corrected chi connectivity index (χ1v) is 5.83. The van der Waals surface area contributed by atoms with Crippen molar-refractivity contribution >= 4 is 0 Å². The molecule has 3 unspecified atom stereocenters. The molecule has 0 amide bonds. The van der Waals surface area contributed by atoms with Crippen molar-refractivity contribution in [1.29, 1.82) is 0 Å². The molecule has 0 aliphatic carbocycles. The maximum atomic E-state index is 3.54. The third-order valence-electron chi connectivity index (χ3n) is 4.66. The summed E-state index contributed by atoms with van der Waals surface area (Å²) in [4.78, 5) is 2.83. The van der Waals surface area contributed by atoms with Gasteiger partial charge in [0.1, 0.15) is 0 Å². The van der Waals surface area contributed by atoms with Crippen LogP contribution in [-0.2, 0) is 0 Å². The van der Waals surface area contributed by atoms with Gasteiger partial charge in [-0.3, -0.25) is 4.90 Å². The van der Waals surface area contributed by atoms with Crippen LogP contribution in [0.5, 0.6) is 0 Å². The summed E-state index contributed by atoms with van der Waals surface area (Å²) in [7, 11) is 0. The zero-order valence-corrected chi connectivity index (χ0v) is 8.55. The Hall–Kier alpha value is -0.0800. The predicted octanol–water partition coefficient (Wildman–Crippen LogP) is 1.22. The number of fused-ring (bicyclic) bond motifs is 3. The zero-order valence-electron chi connectivity index (χ0n) is 8.55. The molecule has 0 aromatic heterocycles. The zero-order chi connectivity index (χ0) is 8.89. The lowest BCUT2D eigenvalue weighted by Crippen LogP contribution is -2.43. The van der Waals surface area contributed by atoms with Gasteiger partial charge in [0.15, 0.2) is 0 Å². The molecule has 3 saturated heterocycles. The van der Waals surface area contributed by atoms with E-state index in [0.717, 1.165) is 12.0 Å². The van der Waals surface area contributed by atoms with Gasteiger partial charge in [-0.1, -0.05) is 6.92 Å². The standard InChI is InChI=1S/C11H20N2/c1-2-11-4-3-5-13(11)10-8-12-7-9(10)6-11/h9-10,12H,2-8H2,1H3. The fourth-order valence-corrected chi connectivity index (χ4v) is 4.00. The summed E-state index contributed by atoms with van der Waals surface area (Å²) in [5, 5.41) is 3.54. The van der Waals surface area contributed by atoms with E-state index in [0.29, 0.717) is 5.54 Å². The quantitative estimate of drug-likeness (QED) is 0.653. The SMILES string of the molecule is CCC12CCCN1C1CNCC1C2. The van der Waals surface area contributed by atoms with Gasteiger partial charge < -0.3 is 5.32 Å².